The van der Waals surface area contributed by atoms with Crippen molar-refractivity contribution in [1.29, 1.82) is 0 Å². The van der Waals surface area contributed by atoms with Gasteiger partial charge in [0.15, 0.2) is 11.5 Å². The molecule has 7 heteroatoms. The lowest BCUT2D eigenvalue weighted by atomic mass is 10.0. The van der Waals surface area contributed by atoms with E-state index in [1.165, 1.54) is 6.07 Å². The molecule has 0 saturated carbocycles. The molecule has 0 amide bonds. The lowest BCUT2D eigenvalue weighted by Crippen LogP contribution is -2.44. The quantitative estimate of drug-likeness (QED) is 0.924. The lowest BCUT2D eigenvalue weighted by Gasteiger charge is -2.28. The lowest BCUT2D eigenvalue weighted by molar-refractivity contribution is -0.139. The minimum Gasteiger partial charge on any atom is -0.486 e. The molecule has 0 spiro atoms. The van der Waals surface area contributed by atoms with Crippen molar-refractivity contribution in [2.24, 2.45) is 0 Å². The Morgan fingerprint density at radius 3 is 2.41 bits per heavy atom. The van der Waals surface area contributed by atoms with Crippen molar-refractivity contribution in [3.8, 4) is 11.5 Å². The van der Waals surface area contributed by atoms with Crippen LogP contribution in [0.5, 0.6) is 11.5 Å². The number of benzene rings is 1. The second-order valence-electron chi connectivity index (χ2n) is 5.47. The minimum absolute atomic E-state index is 0.150. The maximum absolute atomic E-state index is 13.0. The van der Waals surface area contributed by atoms with Crippen LogP contribution in [0.15, 0.2) is 12.1 Å². The molecule has 1 saturated heterocycles. The summed E-state index contributed by atoms with van der Waals surface area (Å²) in [7, 11) is 0. The maximum Gasteiger partial charge on any atom is 0.420 e. The molecular formula is C15H19F3N2O2. The first-order chi connectivity index (χ1) is 10.6. The Morgan fingerprint density at radius 1 is 1.05 bits per heavy atom. The highest BCUT2D eigenvalue weighted by molar-refractivity contribution is 5.54. The van der Waals surface area contributed by atoms with E-state index in [2.05, 4.69) is 10.2 Å². The van der Waals surface area contributed by atoms with Gasteiger partial charge in [0.05, 0.1) is 0 Å². The number of hydrogen-bond donors (Lipinski definition) is 1. The molecule has 4 nitrogen and oxygen atoms in total. The van der Waals surface area contributed by atoms with E-state index in [0.29, 0.717) is 6.42 Å². The van der Waals surface area contributed by atoms with Crippen molar-refractivity contribution in [3.05, 3.63) is 23.3 Å². The van der Waals surface area contributed by atoms with E-state index < -0.39 is 11.7 Å². The number of fused-ring (bicyclic) bond motifs is 1. The topological polar surface area (TPSA) is 33.7 Å². The average molecular weight is 316 g/mol. The number of ether oxygens (including phenoxy) is 2. The average Bonchev–Trinajstić information content (AvgIpc) is 2.52. The second kappa shape index (κ2) is 6.34. The molecule has 122 valence electrons. The minimum atomic E-state index is -4.43. The Kier molecular flexibility index (Phi) is 4.44. The van der Waals surface area contributed by atoms with Gasteiger partial charge < -0.3 is 19.7 Å². The molecule has 22 heavy (non-hydrogen) atoms. The Labute approximate surface area is 127 Å². The van der Waals surface area contributed by atoms with Crippen LogP contribution in [0.3, 0.4) is 0 Å². The molecule has 1 aromatic carbocycles. The summed E-state index contributed by atoms with van der Waals surface area (Å²) in [6.45, 7) is 5.06. The molecule has 1 fully saturated rings. The van der Waals surface area contributed by atoms with Crippen LogP contribution in [0.1, 0.15) is 11.1 Å². The Morgan fingerprint density at radius 2 is 1.73 bits per heavy atom. The van der Waals surface area contributed by atoms with Gasteiger partial charge in [0.1, 0.15) is 18.8 Å². The van der Waals surface area contributed by atoms with Gasteiger partial charge in [0.25, 0.3) is 0 Å². The number of halogens is 3. The van der Waals surface area contributed by atoms with Gasteiger partial charge in [-0.2, -0.15) is 13.2 Å². The molecule has 1 N–H and O–H groups in total. The molecular weight excluding hydrogens is 297 g/mol. The number of alkyl halides is 3. The molecule has 2 aliphatic heterocycles. The molecule has 0 bridgehead atoms. The van der Waals surface area contributed by atoms with E-state index in [4.69, 9.17) is 9.47 Å². The zero-order valence-electron chi connectivity index (χ0n) is 12.2. The summed E-state index contributed by atoms with van der Waals surface area (Å²) in [6.07, 6.45) is -3.77. The molecule has 1 aromatic rings. The van der Waals surface area contributed by atoms with Crippen molar-refractivity contribution in [2.45, 2.75) is 12.6 Å². The van der Waals surface area contributed by atoms with Crippen molar-refractivity contribution in [2.75, 3.05) is 45.9 Å². The number of nitrogens with one attached hydrogen (secondary N) is 1. The summed E-state index contributed by atoms with van der Waals surface area (Å²) in [5, 5.41) is 3.28. The van der Waals surface area contributed by atoms with Crippen LogP contribution in [-0.4, -0.2) is 50.8 Å². The van der Waals surface area contributed by atoms with E-state index in [1.54, 1.807) is 0 Å². The largest absolute Gasteiger partial charge is 0.486 e. The summed E-state index contributed by atoms with van der Waals surface area (Å²) in [6, 6.07) is 2.61. The molecule has 3 rings (SSSR count). The fourth-order valence-corrected chi connectivity index (χ4v) is 2.83. The summed E-state index contributed by atoms with van der Waals surface area (Å²) >= 11 is 0. The molecule has 0 aliphatic carbocycles. The van der Waals surface area contributed by atoms with Gasteiger partial charge in [-0.25, -0.2) is 0 Å². The highest BCUT2D eigenvalue weighted by Gasteiger charge is 2.37. The van der Waals surface area contributed by atoms with Crippen molar-refractivity contribution in [3.63, 3.8) is 0 Å². The predicted molar refractivity (Wildman–Crippen MR) is 75.4 cm³/mol. The monoisotopic (exact) mass is 316 g/mol. The smallest absolute Gasteiger partial charge is 0.420 e. The van der Waals surface area contributed by atoms with Gasteiger partial charge in [-0.15, -0.1) is 0 Å². The summed E-state index contributed by atoms with van der Waals surface area (Å²) in [4.78, 5) is 2.30. The van der Waals surface area contributed by atoms with Crippen LogP contribution in [-0.2, 0) is 12.6 Å². The SMILES string of the molecule is FC(F)(F)c1ccc(CCN2CCNCC2)c2c1OCCO2. The summed E-state index contributed by atoms with van der Waals surface area (Å²) in [5.41, 5.74) is 0.0226. The van der Waals surface area contributed by atoms with Crippen LogP contribution >= 0.6 is 0 Å². The Bertz CT molecular complexity index is 528. The van der Waals surface area contributed by atoms with Gasteiger partial charge in [-0.05, 0) is 18.1 Å². The normalized spacial score (nSPS) is 19.2. The standard InChI is InChI=1S/C15H19F3N2O2/c16-15(17,18)12-2-1-11(13-14(12)22-10-9-21-13)3-6-20-7-4-19-5-8-20/h1-2,19H,3-10H2. The van der Waals surface area contributed by atoms with E-state index in [9.17, 15) is 13.2 Å². The maximum atomic E-state index is 13.0. The first kappa shape index (κ1) is 15.4. The van der Waals surface area contributed by atoms with Crippen LogP contribution < -0.4 is 14.8 Å². The van der Waals surface area contributed by atoms with E-state index in [0.717, 1.165) is 44.4 Å². The molecule has 0 unspecified atom stereocenters. The van der Waals surface area contributed by atoms with Crippen molar-refractivity contribution in [1.82, 2.24) is 10.2 Å². The first-order valence-electron chi connectivity index (χ1n) is 7.47. The molecule has 0 aromatic heterocycles. The van der Waals surface area contributed by atoms with Crippen molar-refractivity contribution < 1.29 is 22.6 Å². The third-order valence-corrected chi connectivity index (χ3v) is 3.98. The predicted octanol–water partition coefficient (Wildman–Crippen LogP) is 1.92. The van der Waals surface area contributed by atoms with E-state index >= 15 is 0 Å². The molecule has 0 atom stereocenters. The van der Waals surface area contributed by atoms with Gasteiger partial charge in [-0.1, -0.05) is 6.07 Å². The van der Waals surface area contributed by atoms with E-state index in [-0.39, 0.29) is 24.7 Å². The fourth-order valence-electron chi connectivity index (χ4n) is 2.83. The van der Waals surface area contributed by atoms with Gasteiger partial charge >= 0.3 is 6.18 Å². The summed E-state index contributed by atoms with van der Waals surface area (Å²) in [5.74, 6) is 0.104. The second-order valence-corrected chi connectivity index (χ2v) is 5.47. The first-order valence-corrected chi connectivity index (χ1v) is 7.47. The zero-order chi connectivity index (χ0) is 15.6. The Balaban J connectivity index is 1.79. The number of hydrogen-bond acceptors (Lipinski definition) is 4. The van der Waals surface area contributed by atoms with E-state index in [1.807, 2.05) is 0 Å². The summed E-state index contributed by atoms with van der Waals surface area (Å²) < 4.78 is 49.8. The number of rotatable bonds is 3. The van der Waals surface area contributed by atoms with Crippen LogP contribution in [0, 0.1) is 0 Å². The van der Waals surface area contributed by atoms with Crippen LogP contribution in [0.4, 0.5) is 13.2 Å². The van der Waals surface area contributed by atoms with Crippen LogP contribution in [0.25, 0.3) is 0 Å². The van der Waals surface area contributed by atoms with Gasteiger partial charge in [0, 0.05) is 32.7 Å². The third-order valence-electron chi connectivity index (χ3n) is 3.98. The van der Waals surface area contributed by atoms with Crippen molar-refractivity contribution >= 4 is 0 Å². The highest BCUT2D eigenvalue weighted by atomic mass is 19.4. The molecule has 0 radical (unpaired) electrons. The van der Waals surface area contributed by atoms with Gasteiger partial charge in [-0.3, -0.25) is 0 Å². The zero-order valence-corrected chi connectivity index (χ0v) is 12.2. The highest BCUT2D eigenvalue weighted by Crippen LogP contribution is 2.44. The fraction of sp³-hybridized carbons (Fsp3) is 0.600. The van der Waals surface area contributed by atoms with Gasteiger partial charge in [0.2, 0.25) is 0 Å². The third kappa shape index (κ3) is 3.30. The van der Waals surface area contributed by atoms with Crippen LogP contribution in [0.2, 0.25) is 0 Å². The molecule has 2 aliphatic rings. The number of piperazine rings is 1. The molecule has 2 heterocycles. The Hall–Kier alpha value is -1.47. The number of nitrogens with zero attached hydrogens (tertiary/aromatic N) is 1.